The molecule has 4 rings (SSSR count). The Hall–Kier alpha value is -2.67. The summed E-state index contributed by atoms with van der Waals surface area (Å²) in [4.78, 5) is 34.3. The second kappa shape index (κ2) is 9.64. The first-order valence-electron chi connectivity index (χ1n) is 11.1. The number of amides is 1. The lowest BCUT2D eigenvalue weighted by Crippen LogP contribution is -2.35. The Morgan fingerprint density at radius 1 is 1.29 bits per heavy atom. The summed E-state index contributed by atoms with van der Waals surface area (Å²) in [7, 11) is 0. The van der Waals surface area contributed by atoms with Crippen molar-refractivity contribution in [2.75, 3.05) is 24.5 Å². The van der Waals surface area contributed by atoms with E-state index < -0.39 is 0 Å². The number of thiophene rings is 1. The number of hydrogen-bond donors (Lipinski definition) is 1. The fourth-order valence-electron chi connectivity index (χ4n) is 4.28. The van der Waals surface area contributed by atoms with Gasteiger partial charge in [0.2, 0.25) is 5.91 Å². The highest BCUT2D eigenvalue weighted by Gasteiger charge is 2.20. The van der Waals surface area contributed by atoms with Crippen LogP contribution in [0.1, 0.15) is 42.2 Å². The van der Waals surface area contributed by atoms with Crippen molar-refractivity contribution < 1.29 is 4.79 Å². The van der Waals surface area contributed by atoms with Gasteiger partial charge in [0.15, 0.2) is 0 Å². The van der Waals surface area contributed by atoms with Gasteiger partial charge in [-0.3, -0.25) is 14.2 Å². The quantitative estimate of drug-likeness (QED) is 0.583. The van der Waals surface area contributed by atoms with Gasteiger partial charge in [-0.2, -0.15) is 0 Å². The van der Waals surface area contributed by atoms with E-state index in [0.717, 1.165) is 42.6 Å². The summed E-state index contributed by atoms with van der Waals surface area (Å²) in [6.45, 7) is 6.76. The zero-order chi connectivity index (χ0) is 21.8. The van der Waals surface area contributed by atoms with Crippen LogP contribution in [0.4, 0.5) is 5.69 Å². The molecular formula is C24H30N4O2S. The number of carbonyl (C=O) groups is 1. The molecule has 6 nitrogen and oxygen atoms in total. The van der Waals surface area contributed by atoms with Crippen molar-refractivity contribution >= 4 is 33.1 Å². The van der Waals surface area contributed by atoms with Crippen molar-refractivity contribution in [1.29, 1.82) is 0 Å². The number of anilines is 1. The number of nitrogens with one attached hydrogen (secondary N) is 1. The van der Waals surface area contributed by atoms with Gasteiger partial charge in [-0.1, -0.05) is 12.1 Å². The van der Waals surface area contributed by atoms with Gasteiger partial charge in [0.05, 0.1) is 11.7 Å². The Kier molecular flexibility index (Phi) is 6.70. The molecule has 1 aromatic carbocycles. The predicted molar refractivity (Wildman–Crippen MR) is 127 cm³/mol. The van der Waals surface area contributed by atoms with Gasteiger partial charge in [-0.15, -0.1) is 11.3 Å². The molecule has 1 aliphatic carbocycles. The molecule has 3 aromatic rings. The normalized spacial score (nSPS) is 13.2. The van der Waals surface area contributed by atoms with Crippen molar-refractivity contribution in [2.24, 2.45) is 0 Å². The van der Waals surface area contributed by atoms with E-state index in [1.54, 1.807) is 22.2 Å². The van der Waals surface area contributed by atoms with Crippen molar-refractivity contribution in [1.82, 2.24) is 14.9 Å². The second-order valence-electron chi connectivity index (χ2n) is 8.15. The molecular weight excluding hydrogens is 408 g/mol. The average molecular weight is 439 g/mol. The van der Waals surface area contributed by atoms with Gasteiger partial charge in [0, 0.05) is 43.2 Å². The maximum Gasteiger partial charge on any atom is 0.262 e. The molecule has 164 valence electrons. The van der Waals surface area contributed by atoms with E-state index >= 15 is 0 Å². The summed E-state index contributed by atoms with van der Waals surface area (Å²) < 4.78 is 1.59. The summed E-state index contributed by atoms with van der Waals surface area (Å²) in [6.07, 6.45) is 6.20. The van der Waals surface area contributed by atoms with Crippen LogP contribution in [0.2, 0.25) is 0 Å². The third-order valence-corrected chi connectivity index (χ3v) is 7.17. The van der Waals surface area contributed by atoms with Gasteiger partial charge >= 0.3 is 0 Å². The summed E-state index contributed by atoms with van der Waals surface area (Å²) in [5.41, 5.74) is 3.58. The number of aryl methyl sites for hydroxylation is 4. The highest BCUT2D eigenvalue weighted by atomic mass is 32.1. The SMILES string of the molecule is CCN(CCNC(=O)CCn1cnc2sc3c(c2c1=O)CCCC3)c1cccc(C)c1. The first kappa shape index (κ1) is 21.6. The van der Waals surface area contributed by atoms with Crippen molar-refractivity contribution in [2.45, 2.75) is 52.5 Å². The Morgan fingerprint density at radius 3 is 2.94 bits per heavy atom. The molecule has 0 radical (unpaired) electrons. The maximum absolute atomic E-state index is 13.0. The number of fused-ring (bicyclic) bond motifs is 3. The van der Waals surface area contributed by atoms with Gasteiger partial charge in [0.1, 0.15) is 4.83 Å². The van der Waals surface area contributed by atoms with E-state index in [1.165, 1.54) is 28.1 Å². The molecule has 1 N–H and O–H groups in total. The molecule has 0 bridgehead atoms. The van der Waals surface area contributed by atoms with Gasteiger partial charge in [-0.25, -0.2) is 4.98 Å². The molecule has 1 amide bonds. The zero-order valence-electron chi connectivity index (χ0n) is 18.3. The smallest absolute Gasteiger partial charge is 0.262 e. The van der Waals surface area contributed by atoms with Crippen LogP contribution in [-0.4, -0.2) is 35.1 Å². The monoisotopic (exact) mass is 438 g/mol. The van der Waals surface area contributed by atoms with E-state index in [-0.39, 0.29) is 17.9 Å². The van der Waals surface area contributed by atoms with E-state index in [4.69, 9.17) is 0 Å². The highest BCUT2D eigenvalue weighted by Crippen LogP contribution is 2.33. The number of hydrogen-bond acceptors (Lipinski definition) is 5. The molecule has 0 unspecified atom stereocenters. The molecule has 7 heteroatoms. The summed E-state index contributed by atoms with van der Waals surface area (Å²) in [6, 6.07) is 8.39. The topological polar surface area (TPSA) is 67.2 Å². The Bertz CT molecular complexity index is 1130. The first-order chi connectivity index (χ1) is 15.1. The molecule has 0 saturated carbocycles. The Balaban J connectivity index is 1.33. The second-order valence-corrected chi connectivity index (χ2v) is 9.24. The van der Waals surface area contributed by atoms with Gasteiger partial charge in [0.25, 0.3) is 5.56 Å². The highest BCUT2D eigenvalue weighted by molar-refractivity contribution is 7.18. The van der Waals surface area contributed by atoms with Crippen LogP contribution in [0, 0.1) is 6.92 Å². The lowest BCUT2D eigenvalue weighted by molar-refractivity contribution is -0.121. The summed E-state index contributed by atoms with van der Waals surface area (Å²) >= 11 is 1.65. The summed E-state index contributed by atoms with van der Waals surface area (Å²) in [5, 5.41) is 3.77. The number of benzene rings is 1. The predicted octanol–water partition coefficient (Wildman–Crippen LogP) is 3.68. The fraction of sp³-hybridized carbons (Fsp3) is 0.458. The van der Waals surface area contributed by atoms with Crippen LogP contribution in [0.3, 0.4) is 0 Å². The minimum atomic E-state index is -0.0420. The molecule has 0 atom stereocenters. The first-order valence-corrected chi connectivity index (χ1v) is 12.0. The van der Waals surface area contributed by atoms with Crippen LogP contribution in [-0.2, 0) is 24.2 Å². The lowest BCUT2D eigenvalue weighted by Gasteiger charge is -2.23. The summed E-state index contributed by atoms with van der Waals surface area (Å²) in [5.74, 6) is -0.0420. The van der Waals surface area contributed by atoms with E-state index in [2.05, 4.69) is 53.3 Å². The van der Waals surface area contributed by atoms with Crippen molar-refractivity contribution in [3.8, 4) is 0 Å². The molecule has 2 heterocycles. The molecule has 2 aromatic heterocycles. The Morgan fingerprint density at radius 2 is 2.13 bits per heavy atom. The fourth-order valence-corrected chi connectivity index (χ4v) is 5.50. The molecule has 1 aliphatic rings. The Labute approximate surface area is 186 Å². The van der Waals surface area contributed by atoms with Crippen LogP contribution in [0.25, 0.3) is 10.2 Å². The molecule has 0 aliphatic heterocycles. The zero-order valence-corrected chi connectivity index (χ0v) is 19.1. The minimum absolute atomic E-state index is 0.00574. The van der Waals surface area contributed by atoms with Crippen molar-refractivity contribution in [3.05, 3.63) is 57.0 Å². The number of nitrogens with zero attached hydrogens (tertiary/aromatic N) is 3. The number of rotatable bonds is 8. The number of likely N-dealkylation sites (N-methyl/N-ethyl adjacent to an activating group) is 1. The van der Waals surface area contributed by atoms with E-state index in [0.29, 0.717) is 13.1 Å². The van der Waals surface area contributed by atoms with Crippen LogP contribution in [0.15, 0.2) is 35.4 Å². The molecule has 0 spiro atoms. The van der Waals surface area contributed by atoms with Crippen LogP contribution >= 0.6 is 11.3 Å². The lowest BCUT2D eigenvalue weighted by atomic mass is 9.97. The standard InChI is InChI=1S/C24H30N4O2S/c1-3-27(18-8-6-7-17(2)15-18)14-12-25-21(29)11-13-28-16-26-23-22(24(28)30)19-9-4-5-10-20(19)31-23/h6-8,15-16H,3-5,9-14H2,1-2H3,(H,25,29). The molecule has 0 fully saturated rings. The van der Waals surface area contributed by atoms with Gasteiger partial charge < -0.3 is 10.2 Å². The maximum atomic E-state index is 13.0. The number of aromatic nitrogens is 2. The van der Waals surface area contributed by atoms with E-state index in [9.17, 15) is 9.59 Å². The average Bonchev–Trinajstić information content (AvgIpc) is 3.15. The number of carbonyl (C=O) groups excluding carboxylic acids is 1. The van der Waals surface area contributed by atoms with Crippen LogP contribution in [0.5, 0.6) is 0 Å². The third kappa shape index (κ3) is 4.82. The van der Waals surface area contributed by atoms with Crippen molar-refractivity contribution in [3.63, 3.8) is 0 Å². The molecule has 0 saturated heterocycles. The molecule has 31 heavy (non-hydrogen) atoms. The van der Waals surface area contributed by atoms with Crippen LogP contribution < -0.4 is 15.8 Å². The minimum Gasteiger partial charge on any atom is -0.370 e. The third-order valence-electron chi connectivity index (χ3n) is 5.97. The van der Waals surface area contributed by atoms with Gasteiger partial charge in [-0.05, 0) is 62.8 Å². The largest absolute Gasteiger partial charge is 0.370 e. The van der Waals surface area contributed by atoms with E-state index in [1.807, 2.05) is 0 Å².